The van der Waals surface area contributed by atoms with Gasteiger partial charge in [-0.2, -0.15) is 0 Å². The molecule has 0 fully saturated rings. The van der Waals surface area contributed by atoms with Gasteiger partial charge in [0.25, 0.3) is 0 Å². The average molecular weight is 244 g/mol. The van der Waals surface area contributed by atoms with E-state index in [0.29, 0.717) is 12.8 Å². The van der Waals surface area contributed by atoms with Crippen molar-refractivity contribution >= 4 is 5.97 Å². The molecule has 2 rings (SSSR count). The zero-order valence-electron chi connectivity index (χ0n) is 10.6. The van der Waals surface area contributed by atoms with Crippen LogP contribution in [0.3, 0.4) is 0 Å². The maximum atomic E-state index is 11.3. The molecule has 0 radical (unpaired) electrons. The minimum absolute atomic E-state index is 0.291. The number of aliphatic carboxylic acids is 1. The lowest BCUT2D eigenvalue weighted by atomic mass is 9.92. The zero-order chi connectivity index (χ0) is 12.8. The number of hydrogen-bond acceptors (Lipinski definition) is 1. The summed E-state index contributed by atoms with van der Waals surface area (Å²) in [5.74, 6) is -0.978. The summed E-state index contributed by atoms with van der Waals surface area (Å²) in [4.78, 5) is 11.3. The first kappa shape index (κ1) is 12.9. The molecular formula is C16H20O2. The van der Waals surface area contributed by atoms with Crippen LogP contribution in [0.1, 0.15) is 36.8 Å². The molecule has 0 aromatic heterocycles. The van der Waals surface area contributed by atoms with E-state index in [-0.39, 0.29) is 5.92 Å². The summed E-state index contributed by atoms with van der Waals surface area (Å²) in [7, 11) is 0. The fourth-order valence-corrected chi connectivity index (χ4v) is 2.49. The first-order valence-electron chi connectivity index (χ1n) is 6.72. The molecule has 1 aliphatic rings. The number of hydrogen-bond donors (Lipinski definition) is 1. The van der Waals surface area contributed by atoms with Crippen LogP contribution in [0.2, 0.25) is 0 Å². The molecule has 1 N–H and O–H groups in total. The molecule has 0 amide bonds. The third-order valence-corrected chi connectivity index (χ3v) is 3.59. The number of aryl methyl sites for hydroxylation is 1. The lowest BCUT2D eigenvalue weighted by Crippen LogP contribution is -2.16. The van der Waals surface area contributed by atoms with Crippen molar-refractivity contribution in [2.45, 2.75) is 38.5 Å². The Labute approximate surface area is 108 Å². The standard InChI is InChI=1S/C16H20O2/c17-16(18)15-11-5-3-1-2-4-8-13-9-6-7-10-14(13)12-15/h3,5-7,9-10,15H,1-2,4,8,11-12H2,(H,17,18). The molecule has 0 heterocycles. The van der Waals surface area contributed by atoms with E-state index >= 15 is 0 Å². The van der Waals surface area contributed by atoms with Crippen molar-refractivity contribution in [3.8, 4) is 0 Å². The molecule has 18 heavy (non-hydrogen) atoms. The fourth-order valence-electron chi connectivity index (χ4n) is 2.49. The van der Waals surface area contributed by atoms with Crippen molar-refractivity contribution < 1.29 is 9.90 Å². The van der Waals surface area contributed by atoms with Gasteiger partial charge in [0.1, 0.15) is 0 Å². The molecule has 0 aliphatic heterocycles. The van der Waals surface area contributed by atoms with Crippen LogP contribution in [0.4, 0.5) is 0 Å². The van der Waals surface area contributed by atoms with E-state index < -0.39 is 5.97 Å². The maximum absolute atomic E-state index is 11.3. The Morgan fingerprint density at radius 2 is 1.89 bits per heavy atom. The van der Waals surface area contributed by atoms with E-state index in [9.17, 15) is 9.90 Å². The summed E-state index contributed by atoms with van der Waals surface area (Å²) in [5, 5.41) is 9.28. The quantitative estimate of drug-likeness (QED) is 0.766. The molecule has 96 valence electrons. The highest BCUT2D eigenvalue weighted by Crippen LogP contribution is 2.20. The van der Waals surface area contributed by atoms with Crippen LogP contribution < -0.4 is 0 Å². The molecule has 0 spiro atoms. The molecular weight excluding hydrogens is 224 g/mol. The van der Waals surface area contributed by atoms with Crippen LogP contribution in [-0.2, 0) is 17.6 Å². The lowest BCUT2D eigenvalue weighted by molar-refractivity contribution is -0.141. The Bertz CT molecular complexity index is 434. The number of fused-ring (bicyclic) bond motifs is 1. The lowest BCUT2D eigenvalue weighted by Gasteiger charge is -2.13. The second-order valence-corrected chi connectivity index (χ2v) is 4.96. The van der Waals surface area contributed by atoms with Gasteiger partial charge in [0, 0.05) is 0 Å². The van der Waals surface area contributed by atoms with Gasteiger partial charge in [-0.15, -0.1) is 0 Å². The molecule has 0 bridgehead atoms. The summed E-state index contributed by atoms with van der Waals surface area (Å²) in [6.07, 6.45) is 9.95. The average Bonchev–Trinajstić information content (AvgIpc) is 2.41. The van der Waals surface area contributed by atoms with Crippen molar-refractivity contribution in [1.82, 2.24) is 0 Å². The second-order valence-electron chi connectivity index (χ2n) is 4.96. The number of carboxylic acids is 1. The van der Waals surface area contributed by atoms with Crippen LogP contribution in [0.15, 0.2) is 36.4 Å². The summed E-state index contributed by atoms with van der Waals surface area (Å²) in [5.41, 5.74) is 2.53. The molecule has 1 aliphatic carbocycles. The van der Waals surface area contributed by atoms with E-state index in [1.807, 2.05) is 18.2 Å². The van der Waals surface area contributed by atoms with E-state index in [1.165, 1.54) is 24.0 Å². The minimum Gasteiger partial charge on any atom is -0.481 e. The highest BCUT2D eigenvalue weighted by Gasteiger charge is 2.18. The Balaban J connectivity index is 2.23. The number of carbonyl (C=O) groups is 1. The van der Waals surface area contributed by atoms with E-state index in [0.717, 1.165) is 12.8 Å². The maximum Gasteiger partial charge on any atom is 0.307 e. The van der Waals surface area contributed by atoms with Crippen molar-refractivity contribution in [2.75, 3.05) is 0 Å². The molecule has 2 nitrogen and oxygen atoms in total. The predicted molar refractivity (Wildman–Crippen MR) is 72.6 cm³/mol. The zero-order valence-corrected chi connectivity index (χ0v) is 10.6. The van der Waals surface area contributed by atoms with Crippen molar-refractivity contribution in [2.24, 2.45) is 5.92 Å². The van der Waals surface area contributed by atoms with E-state index in [1.54, 1.807) is 0 Å². The highest BCUT2D eigenvalue weighted by atomic mass is 16.4. The SMILES string of the molecule is O=C(O)C1CC=CCCCCc2ccccc2C1. The molecule has 0 saturated carbocycles. The first-order chi connectivity index (χ1) is 8.77. The number of rotatable bonds is 1. The van der Waals surface area contributed by atoms with Gasteiger partial charge in [-0.1, -0.05) is 36.4 Å². The monoisotopic (exact) mass is 244 g/mol. The summed E-state index contributed by atoms with van der Waals surface area (Å²) in [6, 6.07) is 8.27. The topological polar surface area (TPSA) is 37.3 Å². The second kappa shape index (κ2) is 6.39. The van der Waals surface area contributed by atoms with Gasteiger partial charge in [-0.25, -0.2) is 0 Å². The number of benzene rings is 1. The van der Waals surface area contributed by atoms with Crippen LogP contribution in [-0.4, -0.2) is 11.1 Å². The van der Waals surface area contributed by atoms with Gasteiger partial charge in [-0.05, 0) is 49.7 Å². The summed E-state index contributed by atoms with van der Waals surface area (Å²) >= 11 is 0. The van der Waals surface area contributed by atoms with Crippen LogP contribution in [0.25, 0.3) is 0 Å². The Hall–Kier alpha value is -1.57. The minimum atomic E-state index is -0.686. The van der Waals surface area contributed by atoms with Gasteiger partial charge < -0.3 is 5.11 Å². The van der Waals surface area contributed by atoms with Crippen molar-refractivity contribution in [3.63, 3.8) is 0 Å². The number of allylic oxidation sites excluding steroid dienone is 2. The molecule has 2 heteroatoms. The molecule has 1 atom stereocenters. The van der Waals surface area contributed by atoms with Gasteiger partial charge in [0.05, 0.1) is 5.92 Å². The van der Waals surface area contributed by atoms with Crippen molar-refractivity contribution in [1.29, 1.82) is 0 Å². The smallest absolute Gasteiger partial charge is 0.307 e. The fraction of sp³-hybridized carbons (Fsp3) is 0.438. The molecule has 1 aromatic carbocycles. The van der Waals surface area contributed by atoms with Gasteiger partial charge in [0.2, 0.25) is 0 Å². The third kappa shape index (κ3) is 3.46. The van der Waals surface area contributed by atoms with Crippen molar-refractivity contribution in [3.05, 3.63) is 47.5 Å². The first-order valence-corrected chi connectivity index (χ1v) is 6.72. The van der Waals surface area contributed by atoms with Crippen LogP contribution in [0, 0.1) is 5.92 Å². The van der Waals surface area contributed by atoms with Crippen LogP contribution >= 0.6 is 0 Å². The normalized spacial score (nSPS) is 20.8. The summed E-state index contributed by atoms with van der Waals surface area (Å²) < 4.78 is 0. The Morgan fingerprint density at radius 1 is 1.11 bits per heavy atom. The van der Waals surface area contributed by atoms with Gasteiger partial charge >= 0.3 is 5.97 Å². The van der Waals surface area contributed by atoms with E-state index in [4.69, 9.17) is 0 Å². The molecule has 0 saturated heterocycles. The number of carboxylic acid groups (broad SMARTS) is 1. The van der Waals surface area contributed by atoms with E-state index in [2.05, 4.69) is 18.2 Å². The Morgan fingerprint density at radius 3 is 2.67 bits per heavy atom. The highest BCUT2D eigenvalue weighted by molar-refractivity contribution is 5.70. The molecule has 1 unspecified atom stereocenters. The summed E-state index contributed by atoms with van der Waals surface area (Å²) in [6.45, 7) is 0. The predicted octanol–water partition coefficient (Wildman–Crippen LogP) is 3.60. The van der Waals surface area contributed by atoms with Gasteiger partial charge in [0.15, 0.2) is 0 Å². The third-order valence-electron chi connectivity index (χ3n) is 3.59. The largest absolute Gasteiger partial charge is 0.481 e. The Kier molecular flexibility index (Phi) is 4.57. The van der Waals surface area contributed by atoms with Crippen LogP contribution in [0.5, 0.6) is 0 Å². The van der Waals surface area contributed by atoms with Gasteiger partial charge in [-0.3, -0.25) is 4.79 Å². The molecule has 1 aromatic rings.